The highest BCUT2D eigenvalue weighted by Crippen LogP contribution is 2.13. The van der Waals surface area contributed by atoms with Crippen LogP contribution in [-0.2, 0) is 0 Å². The summed E-state index contributed by atoms with van der Waals surface area (Å²) < 4.78 is 0. The lowest BCUT2D eigenvalue weighted by Gasteiger charge is -1.96. The van der Waals surface area contributed by atoms with E-state index in [9.17, 15) is 0 Å². The standard InChI is InChI=1S/C5H6ClN3.C4H2Cl2N2.CH5N.CH4/c1-7-5-4(6)8-2-3-9-5;5-3-4(6)8-2-1-7-3;1-2;/h2-3H,1H3,(H,7,9);1-2H;2H2,1H3;1H4. The summed E-state index contributed by atoms with van der Waals surface area (Å²) in [5.41, 5.74) is 4.50. The number of aromatic nitrogens is 4. The fourth-order valence-electron chi connectivity index (χ4n) is 0.793. The lowest BCUT2D eigenvalue weighted by molar-refractivity contribution is 1.19. The quantitative estimate of drug-likeness (QED) is 0.829. The molecule has 2 aromatic rings. The van der Waals surface area contributed by atoms with Crippen molar-refractivity contribution in [3.05, 3.63) is 40.2 Å². The molecule has 0 radical (unpaired) electrons. The Morgan fingerprint density at radius 1 is 0.800 bits per heavy atom. The third-order valence-corrected chi connectivity index (χ3v) is 2.43. The van der Waals surface area contributed by atoms with Crippen LogP contribution in [0.1, 0.15) is 7.43 Å². The summed E-state index contributed by atoms with van der Waals surface area (Å²) in [7, 11) is 3.25. The average molecular weight is 340 g/mol. The van der Waals surface area contributed by atoms with Crippen molar-refractivity contribution in [3.63, 3.8) is 0 Å². The third kappa shape index (κ3) is 8.06. The van der Waals surface area contributed by atoms with Crippen LogP contribution in [0.15, 0.2) is 24.8 Å². The van der Waals surface area contributed by atoms with E-state index < -0.39 is 0 Å². The van der Waals surface area contributed by atoms with Crippen LogP contribution < -0.4 is 11.1 Å². The van der Waals surface area contributed by atoms with Crippen LogP contribution in [0.4, 0.5) is 5.82 Å². The molecule has 0 aliphatic carbocycles. The lowest BCUT2D eigenvalue weighted by Crippen LogP contribution is -1.93. The molecule has 0 aliphatic heterocycles. The Kier molecular flexibility index (Phi) is 13.5. The second-order valence-electron chi connectivity index (χ2n) is 2.58. The Labute approximate surface area is 133 Å². The molecule has 2 aromatic heterocycles. The number of nitrogens with zero attached hydrogens (tertiary/aromatic N) is 4. The summed E-state index contributed by atoms with van der Waals surface area (Å²) in [4.78, 5) is 15.0. The largest absolute Gasteiger partial charge is 0.371 e. The highest BCUT2D eigenvalue weighted by Gasteiger charge is 1.95. The molecule has 0 fully saturated rings. The van der Waals surface area contributed by atoms with E-state index >= 15 is 0 Å². The number of nitrogens with one attached hydrogen (secondary N) is 1. The maximum absolute atomic E-state index is 5.59. The van der Waals surface area contributed by atoms with E-state index in [-0.39, 0.29) is 17.7 Å². The number of hydrogen-bond donors (Lipinski definition) is 2. The maximum atomic E-state index is 5.59. The molecule has 2 heterocycles. The van der Waals surface area contributed by atoms with E-state index in [0.29, 0.717) is 11.0 Å². The van der Waals surface area contributed by atoms with Crippen molar-refractivity contribution in [3.8, 4) is 0 Å². The van der Waals surface area contributed by atoms with Gasteiger partial charge in [-0.25, -0.2) is 19.9 Å². The Balaban J connectivity index is 0. The van der Waals surface area contributed by atoms with Gasteiger partial charge in [0.1, 0.15) is 0 Å². The van der Waals surface area contributed by atoms with Crippen molar-refractivity contribution in [1.82, 2.24) is 19.9 Å². The molecule has 0 amide bonds. The van der Waals surface area contributed by atoms with Crippen LogP contribution in [0.3, 0.4) is 0 Å². The minimum atomic E-state index is 0. The summed E-state index contributed by atoms with van der Waals surface area (Å²) in [5, 5.41) is 3.68. The van der Waals surface area contributed by atoms with Gasteiger partial charge in [-0.2, -0.15) is 0 Å². The van der Waals surface area contributed by atoms with E-state index in [1.165, 1.54) is 19.4 Å². The summed E-state index contributed by atoms with van der Waals surface area (Å²) in [6, 6.07) is 0. The van der Waals surface area contributed by atoms with Gasteiger partial charge in [0.05, 0.1) is 0 Å². The van der Waals surface area contributed by atoms with Crippen LogP contribution in [0, 0.1) is 0 Å². The van der Waals surface area contributed by atoms with Crippen LogP contribution >= 0.6 is 34.8 Å². The minimum absolute atomic E-state index is 0. The summed E-state index contributed by atoms with van der Waals surface area (Å²) >= 11 is 16.4. The molecular formula is C11H17Cl3N6. The normalized spacial score (nSPS) is 8.10. The van der Waals surface area contributed by atoms with Crippen molar-refractivity contribution in [1.29, 1.82) is 0 Å². The second kappa shape index (κ2) is 12.8. The van der Waals surface area contributed by atoms with Crippen molar-refractivity contribution >= 4 is 40.6 Å². The topological polar surface area (TPSA) is 89.6 Å². The highest BCUT2D eigenvalue weighted by molar-refractivity contribution is 6.40. The van der Waals surface area contributed by atoms with Crippen molar-refractivity contribution in [2.45, 2.75) is 7.43 Å². The summed E-state index contributed by atoms with van der Waals surface area (Å²) in [5.74, 6) is 0.610. The molecule has 0 atom stereocenters. The molecule has 6 nitrogen and oxygen atoms in total. The van der Waals surface area contributed by atoms with Crippen molar-refractivity contribution in [2.24, 2.45) is 5.73 Å². The number of hydrogen-bond acceptors (Lipinski definition) is 6. The summed E-state index contributed by atoms with van der Waals surface area (Å²) in [6.45, 7) is 0. The van der Waals surface area contributed by atoms with Gasteiger partial charge in [-0.05, 0) is 7.05 Å². The van der Waals surface area contributed by atoms with Gasteiger partial charge >= 0.3 is 0 Å². The fourth-order valence-corrected chi connectivity index (χ4v) is 1.20. The van der Waals surface area contributed by atoms with Crippen LogP contribution in [0.2, 0.25) is 15.5 Å². The molecule has 0 aromatic carbocycles. The first-order chi connectivity index (χ1) is 9.15. The molecule has 0 saturated carbocycles. The zero-order valence-electron chi connectivity index (χ0n) is 10.3. The van der Waals surface area contributed by atoms with Gasteiger partial charge in [0.2, 0.25) is 0 Å². The molecule has 9 heteroatoms. The van der Waals surface area contributed by atoms with Crippen LogP contribution in [0.25, 0.3) is 0 Å². The van der Waals surface area contributed by atoms with Gasteiger partial charge in [0.25, 0.3) is 0 Å². The summed E-state index contributed by atoms with van der Waals surface area (Å²) in [6.07, 6.45) is 6.09. The monoisotopic (exact) mass is 338 g/mol. The molecule has 0 spiro atoms. The fraction of sp³-hybridized carbons (Fsp3) is 0.273. The van der Waals surface area contributed by atoms with E-state index in [1.54, 1.807) is 19.4 Å². The third-order valence-electron chi connectivity index (χ3n) is 1.50. The second-order valence-corrected chi connectivity index (χ2v) is 3.66. The van der Waals surface area contributed by atoms with E-state index in [2.05, 4.69) is 31.0 Å². The van der Waals surface area contributed by atoms with Crippen LogP contribution in [-0.4, -0.2) is 34.0 Å². The maximum Gasteiger partial charge on any atom is 0.171 e. The van der Waals surface area contributed by atoms with Gasteiger partial charge in [0.15, 0.2) is 21.3 Å². The van der Waals surface area contributed by atoms with Gasteiger partial charge in [0, 0.05) is 31.8 Å². The molecule has 0 bridgehead atoms. The molecular weight excluding hydrogens is 323 g/mol. The first-order valence-corrected chi connectivity index (χ1v) is 6.12. The smallest absolute Gasteiger partial charge is 0.171 e. The lowest BCUT2D eigenvalue weighted by atomic mass is 10.7. The van der Waals surface area contributed by atoms with Gasteiger partial charge in [-0.3, -0.25) is 0 Å². The molecule has 0 saturated heterocycles. The highest BCUT2D eigenvalue weighted by atomic mass is 35.5. The SMILES string of the molecule is C.CN.CNc1nccnc1Cl.Clc1nccnc1Cl. The Morgan fingerprint density at radius 3 is 1.40 bits per heavy atom. The van der Waals surface area contributed by atoms with E-state index in [4.69, 9.17) is 34.8 Å². The first kappa shape index (κ1) is 21.1. The number of anilines is 1. The molecule has 0 unspecified atom stereocenters. The van der Waals surface area contributed by atoms with E-state index in [0.717, 1.165) is 0 Å². The predicted octanol–water partition coefficient (Wildman–Crippen LogP) is 3.17. The number of nitrogens with two attached hydrogens (primary N) is 1. The Bertz CT molecular complexity index is 462. The van der Waals surface area contributed by atoms with Crippen molar-refractivity contribution in [2.75, 3.05) is 19.4 Å². The molecule has 2 rings (SSSR count). The number of halogens is 3. The Morgan fingerprint density at radius 2 is 1.15 bits per heavy atom. The molecule has 20 heavy (non-hydrogen) atoms. The minimum Gasteiger partial charge on any atom is -0.371 e. The number of rotatable bonds is 1. The molecule has 0 aliphatic rings. The predicted molar refractivity (Wildman–Crippen MR) is 85.5 cm³/mol. The zero-order valence-corrected chi connectivity index (χ0v) is 12.6. The first-order valence-electron chi connectivity index (χ1n) is 4.99. The van der Waals surface area contributed by atoms with Gasteiger partial charge in [-0.15, -0.1) is 0 Å². The molecule has 3 N–H and O–H groups in total. The van der Waals surface area contributed by atoms with Crippen LogP contribution in [0.5, 0.6) is 0 Å². The van der Waals surface area contributed by atoms with Crippen molar-refractivity contribution < 1.29 is 0 Å². The van der Waals surface area contributed by atoms with Gasteiger partial charge < -0.3 is 11.1 Å². The average Bonchev–Trinajstić information content (AvgIpc) is 2.46. The van der Waals surface area contributed by atoms with E-state index in [1.807, 2.05) is 0 Å². The Hall–Kier alpha value is -1.21. The van der Waals surface area contributed by atoms with Gasteiger partial charge in [-0.1, -0.05) is 42.2 Å². The molecule has 112 valence electrons. The zero-order chi connectivity index (χ0) is 14.7.